The third-order valence-corrected chi connectivity index (χ3v) is 4.39. The molecule has 0 amide bonds. The van der Waals surface area contributed by atoms with Crippen molar-refractivity contribution in [1.82, 2.24) is 15.3 Å². The van der Waals surface area contributed by atoms with Gasteiger partial charge in [0.05, 0.1) is 12.4 Å². The van der Waals surface area contributed by atoms with E-state index < -0.39 is 0 Å². The van der Waals surface area contributed by atoms with Crippen LogP contribution in [0.3, 0.4) is 0 Å². The predicted molar refractivity (Wildman–Crippen MR) is 92.5 cm³/mol. The van der Waals surface area contributed by atoms with Crippen molar-refractivity contribution in [3.8, 4) is 5.75 Å². The van der Waals surface area contributed by atoms with Gasteiger partial charge in [-0.2, -0.15) is 0 Å². The Morgan fingerprint density at radius 2 is 1.83 bits per heavy atom. The highest BCUT2D eigenvalue weighted by Gasteiger charge is 2.12. The fourth-order valence-electron chi connectivity index (χ4n) is 2.42. The number of halogens is 2. The number of nitrogens with zero attached hydrogens (tertiary/aromatic N) is 3. The standard InChI is InChI=1S/C16H18Cl2N4O/c17-14-3-1-4-15(18)13(14)11-23-12-9-20-16(21-10-12)22-7-2-5-19-6-8-22/h1,3-4,9-10,19H,2,5-8,11H2. The van der Waals surface area contributed by atoms with E-state index in [0.717, 1.165) is 44.1 Å². The molecule has 7 heteroatoms. The highest BCUT2D eigenvalue weighted by Crippen LogP contribution is 2.25. The van der Waals surface area contributed by atoms with Crippen LogP contribution in [0.15, 0.2) is 30.6 Å². The van der Waals surface area contributed by atoms with Crippen LogP contribution in [0.2, 0.25) is 10.0 Å². The van der Waals surface area contributed by atoms with E-state index in [2.05, 4.69) is 20.2 Å². The van der Waals surface area contributed by atoms with Crippen molar-refractivity contribution in [2.75, 3.05) is 31.1 Å². The number of nitrogens with one attached hydrogen (secondary N) is 1. The number of benzene rings is 1. The second-order valence-corrected chi connectivity index (χ2v) is 6.11. The summed E-state index contributed by atoms with van der Waals surface area (Å²) in [7, 11) is 0. The lowest BCUT2D eigenvalue weighted by Crippen LogP contribution is -2.29. The molecule has 0 spiro atoms. The summed E-state index contributed by atoms with van der Waals surface area (Å²) in [5.74, 6) is 1.33. The molecule has 2 aromatic rings. The summed E-state index contributed by atoms with van der Waals surface area (Å²) < 4.78 is 5.70. The van der Waals surface area contributed by atoms with Crippen LogP contribution >= 0.6 is 23.2 Å². The van der Waals surface area contributed by atoms with E-state index in [4.69, 9.17) is 27.9 Å². The van der Waals surface area contributed by atoms with Crippen LogP contribution < -0.4 is 15.0 Å². The van der Waals surface area contributed by atoms with Gasteiger partial charge in [0.1, 0.15) is 6.61 Å². The molecule has 5 nitrogen and oxygen atoms in total. The molecular weight excluding hydrogens is 335 g/mol. The summed E-state index contributed by atoms with van der Waals surface area (Å²) in [6, 6.07) is 5.39. The largest absolute Gasteiger partial charge is 0.486 e. The smallest absolute Gasteiger partial charge is 0.225 e. The molecule has 0 bridgehead atoms. The summed E-state index contributed by atoms with van der Waals surface area (Å²) in [6.45, 7) is 4.15. The normalized spacial score (nSPS) is 15.3. The van der Waals surface area contributed by atoms with Gasteiger partial charge >= 0.3 is 0 Å². The molecule has 2 heterocycles. The molecule has 0 saturated carbocycles. The SMILES string of the molecule is Clc1cccc(Cl)c1COc1cnc(N2CCCNCC2)nc1. The van der Waals surface area contributed by atoms with Gasteiger partial charge in [-0.3, -0.25) is 0 Å². The number of hydrogen-bond donors (Lipinski definition) is 1. The van der Waals surface area contributed by atoms with Crippen LogP contribution in [0.25, 0.3) is 0 Å². The van der Waals surface area contributed by atoms with Gasteiger partial charge in [-0.15, -0.1) is 0 Å². The Morgan fingerprint density at radius 3 is 2.57 bits per heavy atom. The fraction of sp³-hybridized carbons (Fsp3) is 0.375. The number of ether oxygens (including phenoxy) is 1. The first-order valence-electron chi connectivity index (χ1n) is 7.57. The average Bonchev–Trinajstić information content (AvgIpc) is 2.84. The van der Waals surface area contributed by atoms with Crippen LogP contribution in [0.1, 0.15) is 12.0 Å². The third kappa shape index (κ3) is 4.25. The Labute approximate surface area is 145 Å². The van der Waals surface area contributed by atoms with Gasteiger partial charge < -0.3 is 15.0 Å². The topological polar surface area (TPSA) is 50.3 Å². The molecule has 1 aromatic carbocycles. The molecule has 1 saturated heterocycles. The fourth-order valence-corrected chi connectivity index (χ4v) is 2.93. The lowest BCUT2D eigenvalue weighted by Gasteiger charge is -2.19. The van der Waals surface area contributed by atoms with Gasteiger partial charge in [0.25, 0.3) is 0 Å². The maximum absolute atomic E-state index is 6.13. The van der Waals surface area contributed by atoms with Gasteiger partial charge in [0.2, 0.25) is 5.95 Å². The van der Waals surface area contributed by atoms with Crippen LogP contribution in [-0.4, -0.2) is 36.1 Å². The average molecular weight is 353 g/mol. The number of hydrogen-bond acceptors (Lipinski definition) is 5. The molecule has 0 aliphatic carbocycles. The van der Waals surface area contributed by atoms with Gasteiger partial charge in [-0.1, -0.05) is 29.3 Å². The number of rotatable bonds is 4. The van der Waals surface area contributed by atoms with Crippen LogP contribution in [-0.2, 0) is 6.61 Å². The quantitative estimate of drug-likeness (QED) is 0.915. The van der Waals surface area contributed by atoms with Crippen molar-refractivity contribution in [3.63, 3.8) is 0 Å². The molecule has 0 unspecified atom stereocenters. The van der Waals surface area contributed by atoms with Crippen LogP contribution in [0, 0.1) is 0 Å². The summed E-state index contributed by atoms with van der Waals surface area (Å²) in [5, 5.41) is 4.54. The van der Waals surface area contributed by atoms with Crippen molar-refractivity contribution in [3.05, 3.63) is 46.2 Å². The molecule has 122 valence electrons. The second kappa shape index (κ2) is 7.81. The zero-order valence-corrected chi connectivity index (χ0v) is 14.1. The van der Waals surface area contributed by atoms with E-state index in [-0.39, 0.29) is 6.61 Å². The summed E-state index contributed by atoms with van der Waals surface area (Å²) in [6.07, 6.45) is 4.46. The molecule has 1 aliphatic rings. The lowest BCUT2D eigenvalue weighted by molar-refractivity contribution is 0.304. The Hall–Kier alpha value is -1.56. The zero-order valence-electron chi connectivity index (χ0n) is 12.6. The number of anilines is 1. The molecule has 1 aliphatic heterocycles. The summed E-state index contributed by atoms with van der Waals surface area (Å²) in [5.41, 5.74) is 0.763. The molecule has 0 atom stereocenters. The number of aromatic nitrogens is 2. The van der Waals surface area contributed by atoms with Gasteiger partial charge in [0.15, 0.2) is 5.75 Å². The van der Waals surface area contributed by atoms with Gasteiger partial charge in [0, 0.05) is 35.2 Å². The molecule has 1 N–H and O–H groups in total. The van der Waals surface area contributed by atoms with E-state index in [1.54, 1.807) is 24.5 Å². The van der Waals surface area contributed by atoms with Gasteiger partial charge in [-0.25, -0.2) is 9.97 Å². The lowest BCUT2D eigenvalue weighted by atomic mass is 10.2. The Morgan fingerprint density at radius 1 is 1.09 bits per heavy atom. The monoisotopic (exact) mass is 352 g/mol. The minimum Gasteiger partial charge on any atom is -0.486 e. The minimum atomic E-state index is 0.287. The Bertz CT molecular complexity index is 623. The predicted octanol–water partition coefficient (Wildman–Crippen LogP) is 3.16. The van der Waals surface area contributed by atoms with Crippen molar-refractivity contribution in [2.24, 2.45) is 0 Å². The van der Waals surface area contributed by atoms with E-state index in [1.807, 2.05) is 6.07 Å². The highest BCUT2D eigenvalue weighted by molar-refractivity contribution is 6.35. The molecule has 23 heavy (non-hydrogen) atoms. The summed E-state index contributed by atoms with van der Waals surface area (Å²) in [4.78, 5) is 11.0. The van der Waals surface area contributed by atoms with E-state index in [9.17, 15) is 0 Å². The van der Waals surface area contributed by atoms with E-state index in [1.165, 1.54) is 0 Å². The van der Waals surface area contributed by atoms with Gasteiger partial charge in [-0.05, 0) is 25.1 Å². The van der Waals surface area contributed by atoms with Crippen molar-refractivity contribution in [1.29, 1.82) is 0 Å². The molecule has 3 rings (SSSR count). The molecular formula is C16H18Cl2N4O. The third-order valence-electron chi connectivity index (χ3n) is 3.68. The van der Waals surface area contributed by atoms with Crippen molar-refractivity contribution >= 4 is 29.2 Å². The Balaban J connectivity index is 1.63. The van der Waals surface area contributed by atoms with E-state index >= 15 is 0 Å². The second-order valence-electron chi connectivity index (χ2n) is 5.30. The maximum atomic E-state index is 6.13. The van der Waals surface area contributed by atoms with Crippen molar-refractivity contribution in [2.45, 2.75) is 13.0 Å². The summed E-state index contributed by atoms with van der Waals surface area (Å²) >= 11 is 12.3. The van der Waals surface area contributed by atoms with Crippen LogP contribution in [0.4, 0.5) is 5.95 Å². The zero-order chi connectivity index (χ0) is 16.1. The first-order valence-corrected chi connectivity index (χ1v) is 8.33. The molecule has 0 radical (unpaired) electrons. The molecule has 1 fully saturated rings. The maximum Gasteiger partial charge on any atom is 0.225 e. The minimum absolute atomic E-state index is 0.287. The first-order chi connectivity index (χ1) is 11.2. The van der Waals surface area contributed by atoms with Crippen molar-refractivity contribution < 1.29 is 4.74 Å². The van der Waals surface area contributed by atoms with E-state index in [0.29, 0.717) is 15.8 Å². The Kier molecular flexibility index (Phi) is 5.54. The highest BCUT2D eigenvalue weighted by atomic mass is 35.5. The van der Waals surface area contributed by atoms with Crippen LogP contribution in [0.5, 0.6) is 5.75 Å². The molecule has 1 aromatic heterocycles. The first kappa shape index (κ1) is 16.3.